The van der Waals surface area contributed by atoms with Gasteiger partial charge in [-0.1, -0.05) is 19.9 Å². The molecule has 13 heavy (non-hydrogen) atoms. The number of nitrogens with zero attached hydrogens (tertiary/aromatic N) is 1. The zero-order valence-electron chi connectivity index (χ0n) is 8.31. The summed E-state index contributed by atoms with van der Waals surface area (Å²) in [5.74, 6) is 0.522. The monoisotopic (exact) mass is 200 g/mol. The molecule has 1 N–H and O–H groups in total. The molecule has 0 radical (unpaired) electrons. The van der Waals surface area contributed by atoms with E-state index in [1.165, 1.54) is 0 Å². The van der Waals surface area contributed by atoms with Gasteiger partial charge in [0.2, 0.25) is 0 Å². The van der Waals surface area contributed by atoms with E-state index >= 15 is 0 Å². The molecule has 0 saturated carbocycles. The van der Waals surface area contributed by atoms with E-state index < -0.39 is 0 Å². The van der Waals surface area contributed by atoms with Crippen LogP contribution in [0.5, 0.6) is 0 Å². The molecule has 3 heteroatoms. The topological polar surface area (TPSA) is 35.8 Å². The van der Waals surface area contributed by atoms with E-state index in [0.29, 0.717) is 12.3 Å². The number of hydrogen-bond acceptors (Lipinski definition) is 2. The van der Waals surface area contributed by atoms with Gasteiger partial charge in [-0.3, -0.25) is 0 Å². The van der Waals surface area contributed by atoms with Gasteiger partial charge < -0.3 is 5.32 Å². The number of alkyl halides is 1. The Kier molecular flexibility index (Phi) is 7.53. The molecule has 0 aromatic heterocycles. The molecular weight excluding hydrogens is 184 g/mol. The summed E-state index contributed by atoms with van der Waals surface area (Å²) in [6.07, 6.45) is 4.74. The van der Waals surface area contributed by atoms with E-state index in [0.717, 1.165) is 18.5 Å². The van der Waals surface area contributed by atoms with Gasteiger partial charge >= 0.3 is 0 Å². The van der Waals surface area contributed by atoms with Crippen LogP contribution < -0.4 is 5.32 Å². The van der Waals surface area contributed by atoms with Gasteiger partial charge in [0.25, 0.3) is 0 Å². The predicted octanol–water partition coefficient (Wildman–Crippen LogP) is 2.80. The van der Waals surface area contributed by atoms with Crippen LogP contribution >= 0.6 is 11.6 Å². The fourth-order valence-corrected chi connectivity index (χ4v) is 1.27. The smallest absolute Gasteiger partial charge is 0.115 e. The lowest BCUT2D eigenvalue weighted by atomic mass is 10.2. The van der Waals surface area contributed by atoms with Crippen LogP contribution in [0.4, 0.5) is 0 Å². The maximum absolute atomic E-state index is 8.77. The zero-order chi connectivity index (χ0) is 10.1. The van der Waals surface area contributed by atoms with E-state index in [1.807, 2.05) is 0 Å². The number of nitriles is 1. The van der Waals surface area contributed by atoms with E-state index in [2.05, 4.69) is 31.3 Å². The summed E-state index contributed by atoms with van der Waals surface area (Å²) in [6.45, 7) is 4.16. The standard InChI is InChI=1S/C10H17ClN2/c1-3-5-9(4-2)13-10(8-12)6-7-11/h5,10,13H,3-4,6-7H2,1-2H3/b9-5+. The highest BCUT2D eigenvalue weighted by Gasteiger charge is 2.05. The van der Waals surface area contributed by atoms with E-state index in [1.54, 1.807) is 0 Å². The molecule has 1 unspecified atom stereocenters. The minimum absolute atomic E-state index is 0.143. The molecule has 0 saturated heterocycles. The molecule has 0 aliphatic heterocycles. The van der Waals surface area contributed by atoms with Crippen molar-refractivity contribution < 1.29 is 0 Å². The third kappa shape index (κ3) is 5.54. The molecule has 0 aromatic carbocycles. The molecule has 0 aromatic rings. The second kappa shape index (κ2) is 7.94. The lowest BCUT2D eigenvalue weighted by Gasteiger charge is -2.13. The first kappa shape index (κ1) is 12.3. The largest absolute Gasteiger partial charge is 0.373 e. The highest BCUT2D eigenvalue weighted by molar-refractivity contribution is 6.17. The van der Waals surface area contributed by atoms with Crippen LogP contribution in [-0.4, -0.2) is 11.9 Å². The Morgan fingerprint density at radius 3 is 2.69 bits per heavy atom. The van der Waals surface area contributed by atoms with Crippen LogP contribution in [0.25, 0.3) is 0 Å². The summed E-state index contributed by atoms with van der Waals surface area (Å²) >= 11 is 5.57. The number of nitrogens with one attached hydrogen (secondary N) is 1. The van der Waals surface area contributed by atoms with Crippen molar-refractivity contribution in [2.75, 3.05) is 5.88 Å². The minimum Gasteiger partial charge on any atom is -0.373 e. The molecule has 0 spiro atoms. The number of hydrogen-bond donors (Lipinski definition) is 1. The minimum atomic E-state index is -0.143. The Morgan fingerprint density at radius 1 is 1.62 bits per heavy atom. The van der Waals surface area contributed by atoms with Crippen molar-refractivity contribution in [2.24, 2.45) is 0 Å². The Labute approximate surface area is 85.6 Å². The van der Waals surface area contributed by atoms with Crippen LogP contribution in [0.3, 0.4) is 0 Å². The molecule has 0 amide bonds. The summed E-state index contributed by atoms with van der Waals surface area (Å²) in [7, 11) is 0. The summed E-state index contributed by atoms with van der Waals surface area (Å²) < 4.78 is 0. The number of allylic oxidation sites excluding steroid dienone is 2. The first-order valence-electron chi connectivity index (χ1n) is 4.69. The molecule has 2 nitrogen and oxygen atoms in total. The molecule has 74 valence electrons. The highest BCUT2D eigenvalue weighted by atomic mass is 35.5. The summed E-state index contributed by atoms with van der Waals surface area (Å²) in [5, 5.41) is 11.9. The van der Waals surface area contributed by atoms with E-state index in [-0.39, 0.29) is 6.04 Å². The Morgan fingerprint density at radius 2 is 2.31 bits per heavy atom. The van der Waals surface area contributed by atoms with Crippen molar-refractivity contribution in [3.63, 3.8) is 0 Å². The van der Waals surface area contributed by atoms with Crippen molar-refractivity contribution in [3.05, 3.63) is 11.8 Å². The van der Waals surface area contributed by atoms with Gasteiger partial charge in [-0.25, -0.2) is 0 Å². The van der Waals surface area contributed by atoms with Gasteiger partial charge in [0.1, 0.15) is 6.04 Å². The van der Waals surface area contributed by atoms with Crippen LogP contribution in [0.2, 0.25) is 0 Å². The fourth-order valence-electron chi connectivity index (χ4n) is 1.05. The van der Waals surface area contributed by atoms with Crippen molar-refractivity contribution in [1.29, 1.82) is 5.26 Å². The van der Waals surface area contributed by atoms with E-state index in [4.69, 9.17) is 16.9 Å². The lowest BCUT2D eigenvalue weighted by Crippen LogP contribution is -2.27. The highest BCUT2D eigenvalue weighted by Crippen LogP contribution is 2.02. The van der Waals surface area contributed by atoms with Crippen molar-refractivity contribution in [1.82, 2.24) is 5.32 Å². The first-order valence-corrected chi connectivity index (χ1v) is 5.23. The Balaban J connectivity index is 4.05. The van der Waals surface area contributed by atoms with Crippen molar-refractivity contribution in [3.8, 4) is 6.07 Å². The fraction of sp³-hybridized carbons (Fsp3) is 0.700. The summed E-state index contributed by atoms with van der Waals surface area (Å²) in [4.78, 5) is 0. The van der Waals surface area contributed by atoms with Gasteiger partial charge in [0.15, 0.2) is 0 Å². The molecule has 0 bridgehead atoms. The molecule has 0 aliphatic carbocycles. The molecule has 0 aliphatic rings. The van der Waals surface area contributed by atoms with Crippen molar-refractivity contribution >= 4 is 11.6 Å². The summed E-state index contributed by atoms with van der Waals surface area (Å²) in [6, 6.07) is 2.05. The first-order chi connectivity index (χ1) is 6.28. The molecule has 1 atom stereocenters. The van der Waals surface area contributed by atoms with Gasteiger partial charge in [-0.15, -0.1) is 11.6 Å². The third-order valence-corrected chi connectivity index (χ3v) is 1.96. The summed E-state index contributed by atoms with van der Waals surface area (Å²) in [5.41, 5.74) is 1.14. The van der Waals surface area contributed by atoms with Gasteiger partial charge in [-0.05, 0) is 19.3 Å². The quantitative estimate of drug-likeness (QED) is 0.670. The molecule has 0 rings (SSSR count). The molecule has 0 heterocycles. The molecular formula is C10H17ClN2. The van der Waals surface area contributed by atoms with E-state index in [9.17, 15) is 0 Å². The maximum atomic E-state index is 8.77. The van der Waals surface area contributed by atoms with Crippen molar-refractivity contribution in [2.45, 2.75) is 39.2 Å². The average molecular weight is 201 g/mol. The average Bonchev–Trinajstić information content (AvgIpc) is 2.16. The molecule has 0 fully saturated rings. The van der Waals surface area contributed by atoms with Crippen LogP contribution in [0, 0.1) is 11.3 Å². The predicted molar refractivity (Wildman–Crippen MR) is 56.5 cm³/mol. The van der Waals surface area contributed by atoms with Gasteiger partial charge in [-0.2, -0.15) is 5.26 Å². The number of halogens is 1. The van der Waals surface area contributed by atoms with Crippen LogP contribution in [0.15, 0.2) is 11.8 Å². The third-order valence-electron chi connectivity index (χ3n) is 1.74. The maximum Gasteiger partial charge on any atom is 0.115 e. The Bertz CT molecular complexity index is 194. The zero-order valence-corrected chi connectivity index (χ0v) is 9.06. The SMILES string of the molecule is CC/C=C(\CC)NC(C#N)CCCl. The Hall–Kier alpha value is -0.680. The number of rotatable bonds is 6. The van der Waals surface area contributed by atoms with Crippen LogP contribution in [0.1, 0.15) is 33.1 Å². The normalized spacial score (nSPS) is 13.5. The second-order valence-corrected chi connectivity index (χ2v) is 3.17. The second-order valence-electron chi connectivity index (χ2n) is 2.79. The lowest BCUT2D eigenvalue weighted by molar-refractivity contribution is 0.643. The van der Waals surface area contributed by atoms with Gasteiger partial charge in [0, 0.05) is 11.6 Å². The van der Waals surface area contributed by atoms with Gasteiger partial charge in [0.05, 0.1) is 6.07 Å². The van der Waals surface area contributed by atoms with Crippen LogP contribution in [-0.2, 0) is 0 Å².